The summed E-state index contributed by atoms with van der Waals surface area (Å²) in [4.78, 5) is 24.1. The third-order valence-corrected chi connectivity index (χ3v) is 4.75. The average molecular weight is 513 g/mol. The molecule has 37 heavy (non-hydrogen) atoms. The van der Waals surface area contributed by atoms with Crippen molar-refractivity contribution in [3.63, 3.8) is 0 Å². The molecule has 2 amide bonds. The maximum absolute atomic E-state index is 12.0. The van der Waals surface area contributed by atoms with Crippen LogP contribution in [0, 0.1) is 0 Å². The van der Waals surface area contributed by atoms with E-state index in [1.165, 1.54) is 12.4 Å². The van der Waals surface area contributed by atoms with Crippen molar-refractivity contribution in [2.75, 3.05) is 26.4 Å². The van der Waals surface area contributed by atoms with E-state index >= 15 is 0 Å². The van der Waals surface area contributed by atoms with Gasteiger partial charge in [0, 0.05) is 12.8 Å². The van der Waals surface area contributed by atoms with Gasteiger partial charge in [0.25, 0.3) is 0 Å². The first kappa shape index (κ1) is 29.2. The maximum Gasteiger partial charge on any atom is 0.240 e. The van der Waals surface area contributed by atoms with Crippen LogP contribution in [0.2, 0.25) is 0 Å². The van der Waals surface area contributed by atoms with Crippen molar-refractivity contribution in [3.8, 4) is 23.0 Å². The van der Waals surface area contributed by atoms with Gasteiger partial charge >= 0.3 is 0 Å². The SMILES string of the molecule is CCOc1ccc(C=NNC(=O)CCCC(=O)N/N=C/c2ccc(OCC)c(OCC)c2)cc1OCC. The second kappa shape index (κ2) is 16.6. The molecule has 2 aromatic rings. The minimum Gasteiger partial charge on any atom is -0.490 e. The van der Waals surface area contributed by atoms with Crippen molar-refractivity contribution in [1.29, 1.82) is 0 Å². The normalized spacial score (nSPS) is 10.9. The van der Waals surface area contributed by atoms with Gasteiger partial charge in [0.05, 0.1) is 38.9 Å². The average Bonchev–Trinajstić information content (AvgIpc) is 2.87. The van der Waals surface area contributed by atoms with Gasteiger partial charge < -0.3 is 18.9 Å². The Morgan fingerprint density at radius 2 is 1.03 bits per heavy atom. The van der Waals surface area contributed by atoms with Crippen LogP contribution in [0.5, 0.6) is 23.0 Å². The Labute approximate surface area is 218 Å². The lowest BCUT2D eigenvalue weighted by molar-refractivity contribution is -0.122. The number of benzene rings is 2. The number of carbonyl (C=O) groups excluding carboxylic acids is 2. The van der Waals surface area contributed by atoms with Crippen molar-refractivity contribution >= 4 is 24.2 Å². The van der Waals surface area contributed by atoms with Gasteiger partial charge in [-0.1, -0.05) is 0 Å². The van der Waals surface area contributed by atoms with Crippen LogP contribution in [0.1, 0.15) is 58.1 Å². The summed E-state index contributed by atoms with van der Waals surface area (Å²) in [6.45, 7) is 9.67. The highest BCUT2D eigenvalue weighted by atomic mass is 16.5. The standard InChI is InChI=1S/C27H36N4O6/c1-5-34-22-14-12-20(16-24(22)36-7-3)18-28-30-26(32)10-9-11-27(33)31-29-19-21-13-15-23(35-6-2)25(17-21)37-8-4/h12-19H,5-11H2,1-4H3,(H,30,32)(H,31,33)/b28-18+,29-19?. The zero-order valence-electron chi connectivity index (χ0n) is 21.9. The molecule has 10 nitrogen and oxygen atoms in total. The van der Waals surface area contributed by atoms with Gasteiger partial charge in [0.1, 0.15) is 0 Å². The van der Waals surface area contributed by atoms with Gasteiger partial charge in [0.15, 0.2) is 23.0 Å². The van der Waals surface area contributed by atoms with Gasteiger partial charge in [-0.05, 0) is 81.6 Å². The van der Waals surface area contributed by atoms with Crippen LogP contribution in [-0.4, -0.2) is 50.7 Å². The van der Waals surface area contributed by atoms with E-state index in [0.717, 1.165) is 11.1 Å². The van der Waals surface area contributed by atoms with E-state index in [-0.39, 0.29) is 24.7 Å². The smallest absolute Gasteiger partial charge is 0.240 e. The van der Waals surface area contributed by atoms with Crippen LogP contribution in [0.4, 0.5) is 0 Å². The molecule has 0 aliphatic rings. The number of nitrogens with zero attached hydrogens (tertiary/aromatic N) is 2. The second-order valence-electron chi connectivity index (χ2n) is 7.58. The Bertz CT molecular complexity index is 987. The summed E-state index contributed by atoms with van der Waals surface area (Å²) in [6, 6.07) is 10.8. The lowest BCUT2D eigenvalue weighted by Crippen LogP contribution is -2.20. The Morgan fingerprint density at radius 1 is 0.649 bits per heavy atom. The quantitative estimate of drug-likeness (QED) is 0.259. The topological polar surface area (TPSA) is 120 Å². The van der Waals surface area contributed by atoms with Gasteiger partial charge in [-0.25, -0.2) is 10.9 Å². The van der Waals surface area contributed by atoms with E-state index < -0.39 is 0 Å². The van der Waals surface area contributed by atoms with Crippen molar-refractivity contribution in [2.45, 2.75) is 47.0 Å². The highest BCUT2D eigenvalue weighted by Crippen LogP contribution is 2.28. The first-order valence-corrected chi connectivity index (χ1v) is 12.4. The summed E-state index contributed by atoms with van der Waals surface area (Å²) >= 11 is 0. The zero-order chi connectivity index (χ0) is 26.9. The molecule has 2 rings (SSSR count). The monoisotopic (exact) mass is 512 g/mol. The Hall–Kier alpha value is -4.08. The first-order chi connectivity index (χ1) is 18.0. The van der Waals surface area contributed by atoms with E-state index in [9.17, 15) is 9.59 Å². The number of hydrazone groups is 2. The lowest BCUT2D eigenvalue weighted by atomic mass is 10.2. The molecule has 0 unspecified atom stereocenters. The minimum atomic E-state index is -0.290. The molecular weight excluding hydrogens is 476 g/mol. The summed E-state index contributed by atoms with van der Waals surface area (Å²) in [5.74, 6) is 1.96. The molecule has 2 N–H and O–H groups in total. The molecule has 0 saturated heterocycles. The summed E-state index contributed by atoms with van der Waals surface area (Å²) in [5, 5.41) is 7.95. The fourth-order valence-corrected chi connectivity index (χ4v) is 3.17. The van der Waals surface area contributed by atoms with Crippen LogP contribution in [0.25, 0.3) is 0 Å². The van der Waals surface area contributed by atoms with E-state index in [0.29, 0.717) is 55.8 Å². The summed E-state index contributed by atoms with van der Waals surface area (Å²) in [7, 11) is 0. The molecule has 10 heteroatoms. The van der Waals surface area contributed by atoms with Crippen LogP contribution in [0.3, 0.4) is 0 Å². The number of carbonyl (C=O) groups is 2. The summed E-state index contributed by atoms with van der Waals surface area (Å²) < 4.78 is 22.2. The fraction of sp³-hybridized carbons (Fsp3) is 0.407. The molecule has 0 heterocycles. The molecule has 0 fully saturated rings. The third kappa shape index (κ3) is 10.6. The molecule has 200 valence electrons. The molecule has 0 aliphatic carbocycles. The third-order valence-electron chi connectivity index (χ3n) is 4.75. The van der Waals surface area contributed by atoms with Crippen molar-refractivity contribution in [1.82, 2.24) is 10.9 Å². The van der Waals surface area contributed by atoms with Crippen LogP contribution < -0.4 is 29.8 Å². The van der Waals surface area contributed by atoms with Crippen LogP contribution in [0.15, 0.2) is 46.6 Å². The Kier molecular flexibility index (Phi) is 13.1. The van der Waals surface area contributed by atoms with E-state index in [1.54, 1.807) is 24.3 Å². The van der Waals surface area contributed by atoms with E-state index in [2.05, 4.69) is 21.1 Å². The molecule has 0 bridgehead atoms. The predicted octanol–water partition coefficient (Wildman–Crippen LogP) is 4.05. The number of nitrogens with one attached hydrogen (secondary N) is 2. The number of ether oxygens (including phenoxy) is 4. The maximum atomic E-state index is 12.0. The van der Waals surface area contributed by atoms with Gasteiger partial charge in [-0.2, -0.15) is 10.2 Å². The molecule has 0 radical (unpaired) electrons. The van der Waals surface area contributed by atoms with Crippen molar-refractivity contribution in [2.24, 2.45) is 10.2 Å². The predicted molar refractivity (Wildman–Crippen MR) is 143 cm³/mol. The van der Waals surface area contributed by atoms with Gasteiger partial charge in [-0.3, -0.25) is 9.59 Å². The molecule has 0 aromatic heterocycles. The highest BCUT2D eigenvalue weighted by Gasteiger charge is 2.07. The highest BCUT2D eigenvalue weighted by molar-refractivity contribution is 5.84. The molecular formula is C27H36N4O6. The fourth-order valence-electron chi connectivity index (χ4n) is 3.17. The number of rotatable bonds is 16. The van der Waals surface area contributed by atoms with Crippen LogP contribution in [-0.2, 0) is 9.59 Å². The molecule has 2 aromatic carbocycles. The number of amides is 2. The molecule has 0 saturated carbocycles. The van der Waals surface area contributed by atoms with E-state index in [4.69, 9.17) is 18.9 Å². The second-order valence-corrected chi connectivity index (χ2v) is 7.58. The summed E-state index contributed by atoms with van der Waals surface area (Å²) in [6.07, 6.45) is 3.71. The first-order valence-electron chi connectivity index (χ1n) is 12.4. The Balaban J connectivity index is 1.74. The molecule has 0 atom stereocenters. The van der Waals surface area contributed by atoms with Gasteiger partial charge in [-0.15, -0.1) is 0 Å². The number of hydrogen-bond donors (Lipinski definition) is 2. The lowest BCUT2D eigenvalue weighted by Gasteiger charge is -2.11. The number of hydrogen-bond acceptors (Lipinski definition) is 8. The minimum absolute atomic E-state index is 0.151. The van der Waals surface area contributed by atoms with Crippen LogP contribution >= 0.6 is 0 Å². The van der Waals surface area contributed by atoms with Gasteiger partial charge in [0.2, 0.25) is 11.8 Å². The van der Waals surface area contributed by atoms with Crippen molar-refractivity contribution in [3.05, 3.63) is 47.5 Å². The van der Waals surface area contributed by atoms with E-state index in [1.807, 2.05) is 39.8 Å². The molecule has 0 aliphatic heterocycles. The zero-order valence-corrected chi connectivity index (χ0v) is 21.9. The summed E-state index contributed by atoms with van der Waals surface area (Å²) in [5.41, 5.74) is 6.44. The largest absolute Gasteiger partial charge is 0.490 e. The van der Waals surface area contributed by atoms with Crippen molar-refractivity contribution < 1.29 is 28.5 Å². The molecule has 0 spiro atoms. The Morgan fingerprint density at radius 3 is 1.41 bits per heavy atom.